The number of amides is 1. The van der Waals surface area contributed by atoms with Crippen molar-refractivity contribution in [2.45, 2.75) is 6.54 Å². The number of carbonyl (C=O) groups is 1. The molecular formula is C16H21N3O4. The molecule has 0 saturated carbocycles. The molecule has 0 spiro atoms. The van der Waals surface area contributed by atoms with Crippen molar-refractivity contribution in [2.24, 2.45) is 0 Å². The largest absolute Gasteiger partial charge is 0.493 e. The third-order valence-corrected chi connectivity index (χ3v) is 3.02. The first-order chi connectivity index (χ1) is 11.3. The summed E-state index contributed by atoms with van der Waals surface area (Å²) < 4.78 is 17.8. The van der Waals surface area contributed by atoms with E-state index in [1.807, 2.05) is 24.4 Å². The zero-order chi connectivity index (χ0) is 16.3. The standard InChI is InChI=1S/C16H21N3O4/c1-21-14-5-2-3-6-15(14)23-13-16(20)17-8-11-22-12-10-19-9-4-7-18-19/h2-7,9H,8,10-13H2,1H3,(H,17,20). The lowest BCUT2D eigenvalue weighted by molar-refractivity contribution is -0.123. The number of rotatable bonds is 10. The molecule has 0 atom stereocenters. The SMILES string of the molecule is COc1ccccc1OCC(=O)NCCOCCn1cccn1. The lowest BCUT2D eigenvalue weighted by Crippen LogP contribution is -2.31. The van der Waals surface area contributed by atoms with Crippen molar-refractivity contribution in [1.29, 1.82) is 0 Å². The Morgan fingerprint density at radius 1 is 1.22 bits per heavy atom. The monoisotopic (exact) mass is 319 g/mol. The molecular weight excluding hydrogens is 298 g/mol. The van der Waals surface area contributed by atoms with Crippen LogP contribution in [0.4, 0.5) is 0 Å². The average Bonchev–Trinajstić information content (AvgIpc) is 3.09. The van der Waals surface area contributed by atoms with Gasteiger partial charge in [-0.25, -0.2) is 0 Å². The van der Waals surface area contributed by atoms with Gasteiger partial charge in [-0.1, -0.05) is 12.1 Å². The maximum Gasteiger partial charge on any atom is 0.258 e. The quantitative estimate of drug-likeness (QED) is 0.664. The Hall–Kier alpha value is -2.54. The highest BCUT2D eigenvalue weighted by molar-refractivity contribution is 5.77. The van der Waals surface area contributed by atoms with Gasteiger partial charge in [-0.05, 0) is 18.2 Å². The Bertz CT molecular complexity index is 587. The van der Waals surface area contributed by atoms with E-state index in [9.17, 15) is 4.79 Å². The lowest BCUT2D eigenvalue weighted by Gasteiger charge is -2.10. The first-order valence-corrected chi connectivity index (χ1v) is 7.37. The molecule has 0 unspecified atom stereocenters. The van der Waals surface area contributed by atoms with Crippen molar-refractivity contribution < 1.29 is 19.0 Å². The molecule has 0 fully saturated rings. The highest BCUT2D eigenvalue weighted by atomic mass is 16.5. The van der Waals surface area contributed by atoms with Crippen LogP contribution in [0.15, 0.2) is 42.7 Å². The van der Waals surface area contributed by atoms with Gasteiger partial charge in [0.1, 0.15) is 0 Å². The van der Waals surface area contributed by atoms with Gasteiger partial charge in [0.2, 0.25) is 0 Å². The molecule has 0 aliphatic rings. The van der Waals surface area contributed by atoms with E-state index >= 15 is 0 Å². The Kier molecular flexibility index (Phi) is 6.93. The van der Waals surface area contributed by atoms with Gasteiger partial charge >= 0.3 is 0 Å². The summed E-state index contributed by atoms with van der Waals surface area (Å²) >= 11 is 0. The van der Waals surface area contributed by atoms with Crippen molar-refractivity contribution in [3.63, 3.8) is 0 Å². The second kappa shape index (κ2) is 9.47. The first-order valence-electron chi connectivity index (χ1n) is 7.37. The zero-order valence-corrected chi connectivity index (χ0v) is 13.1. The summed E-state index contributed by atoms with van der Waals surface area (Å²) in [6, 6.07) is 9.06. The van der Waals surface area contributed by atoms with Crippen LogP contribution >= 0.6 is 0 Å². The molecule has 1 aromatic heterocycles. The minimum atomic E-state index is -0.202. The van der Waals surface area contributed by atoms with Crippen LogP contribution in [0.3, 0.4) is 0 Å². The number of carbonyl (C=O) groups excluding carboxylic acids is 1. The van der Waals surface area contributed by atoms with Gasteiger partial charge in [0.25, 0.3) is 5.91 Å². The minimum Gasteiger partial charge on any atom is -0.493 e. The van der Waals surface area contributed by atoms with Crippen LogP contribution < -0.4 is 14.8 Å². The molecule has 2 aromatic rings. The first kappa shape index (κ1) is 16.8. The Labute approximate surface area is 135 Å². The molecule has 23 heavy (non-hydrogen) atoms. The van der Waals surface area contributed by atoms with Gasteiger partial charge in [0.15, 0.2) is 18.1 Å². The molecule has 1 heterocycles. The van der Waals surface area contributed by atoms with Crippen LogP contribution in [0.25, 0.3) is 0 Å². The number of benzene rings is 1. The van der Waals surface area contributed by atoms with E-state index in [2.05, 4.69) is 10.4 Å². The molecule has 2 rings (SSSR count). The molecule has 0 aliphatic heterocycles. The molecule has 0 radical (unpaired) electrons. The van der Waals surface area contributed by atoms with E-state index in [1.54, 1.807) is 30.1 Å². The van der Waals surface area contributed by atoms with Gasteiger partial charge in [0.05, 0.1) is 26.9 Å². The maximum atomic E-state index is 11.7. The summed E-state index contributed by atoms with van der Waals surface area (Å²) in [5, 5.41) is 6.80. The predicted octanol–water partition coefficient (Wildman–Crippen LogP) is 1.10. The summed E-state index contributed by atoms with van der Waals surface area (Å²) in [6.45, 7) is 2.07. The van der Waals surface area contributed by atoms with Gasteiger partial charge in [0, 0.05) is 18.9 Å². The summed E-state index contributed by atoms with van der Waals surface area (Å²) in [6.07, 6.45) is 3.60. The fourth-order valence-corrected chi connectivity index (χ4v) is 1.89. The Morgan fingerprint density at radius 3 is 2.78 bits per heavy atom. The van der Waals surface area contributed by atoms with Crippen LogP contribution in [0, 0.1) is 0 Å². The highest BCUT2D eigenvalue weighted by Gasteiger charge is 2.06. The van der Waals surface area contributed by atoms with E-state index in [0.29, 0.717) is 37.8 Å². The van der Waals surface area contributed by atoms with Crippen molar-refractivity contribution in [2.75, 3.05) is 33.5 Å². The average molecular weight is 319 g/mol. The number of nitrogens with zero attached hydrogens (tertiary/aromatic N) is 2. The summed E-state index contributed by atoms with van der Waals surface area (Å²) in [7, 11) is 1.56. The van der Waals surface area contributed by atoms with Crippen LogP contribution in [-0.2, 0) is 16.1 Å². The fraction of sp³-hybridized carbons (Fsp3) is 0.375. The third kappa shape index (κ3) is 5.99. The number of methoxy groups -OCH3 is 1. The number of nitrogens with one attached hydrogen (secondary N) is 1. The second-order valence-electron chi connectivity index (χ2n) is 4.67. The number of aromatic nitrogens is 2. The lowest BCUT2D eigenvalue weighted by atomic mass is 10.3. The molecule has 0 bridgehead atoms. The van der Waals surface area contributed by atoms with Crippen LogP contribution in [0.2, 0.25) is 0 Å². The van der Waals surface area contributed by atoms with Crippen molar-refractivity contribution in [3.05, 3.63) is 42.7 Å². The zero-order valence-electron chi connectivity index (χ0n) is 13.1. The van der Waals surface area contributed by atoms with Gasteiger partial charge in [-0.3, -0.25) is 9.48 Å². The summed E-state index contributed by atoms with van der Waals surface area (Å²) in [4.78, 5) is 11.7. The molecule has 0 aliphatic carbocycles. The van der Waals surface area contributed by atoms with Crippen molar-refractivity contribution in [3.8, 4) is 11.5 Å². The summed E-state index contributed by atoms with van der Waals surface area (Å²) in [5.41, 5.74) is 0. The topological polar surface area (TPSA) is 74.6 Å². The molecule has 7 nitrogen and oxygen atoms in total. The van der Waals surface area contributed by atoms with Crippen molar-refractivity contribution >= 4 is 5.91 Å². The van der Waals surface area contributed by atoms with E-state index in [4.69, 9.17) is 14.2 Å². The molecule has 0 saturated heterocycles. The van der Waals surface area contributed by atoms with Crippen LogP contribution in [-0.4, -0.2) is 49.2 Å². The van der Waals surface area contributed by atoms with Crippen molar-refractivity contribution in [1.82, 2.24) is 15.1 Å². The van der Waals surface area contributed by atoms with E-state index in [0.717, 1.165) is 0 Å². The number of ether oxygens (including phenoxy) is 3. The number of hydrogen-bond acceptors (Lipinski definition) is 5. The normalized spacial score (nSPS) is 10.3. The maximum absolute atomic E-state index is 11.7. The molecule has 1 aromatic carbocycles. The minimum absolute atomic E-state index is 0.0618. The van der Waals surface area contributed by atoms with Crippen LogP contribution in [0.5, 0.6) is 11.5 Å². The van der Waals surface area contributed by atoms with E-state index in [-0.39, 0.29) is 12.5 Å². The molecule has 1 amide bonds. The second-order valence-corrected chi connectivity index (χ2v) is 4.67. The predicted molar refractivity (Wildman–Crippen MR) is 84.5 cm³/mol. The fourth-order valence-electron chi connectivity index (χ4n) is 1.89. The van der Waals surface area contributed by atoms with Gasteiger partial charge in [-0.2, -0.15) is 5.10 Å². The smallest absolute Gasteiger partial charge is 0.258 e. The summed E-state index contributed by atoms with van der Waals surface area (Å²) in [5.74, 6) is 0.939. The van der Waals surface area contributed by atoms with Crippen LogP contribution in [0.1, 0.15) is 0 Å². The van der Waals surface area contributed by atoms with Gasteiger partial charge in [-0.15, -0.1) is 0 Å². The third-order valence-electron chi connectivity index (χ3n) is 3.02. The highest BCUT2D eigenvalue weighted by Crippen LogP contribution is 2.25. The number of para-hydroxylation sites is 2. The molecule has 7 heteroatoms. The molecule has 124 valence electrons. The molecule has 1 N–H and O–H groups in total. The number of hydrogen-bond donors (Lipinski definition) is 1. The van der Waals surface area contributed by atoms with E-state index < -0.39 is 0 Å². The van der Waals surface area contributed by atoms with E-state index in [1.165, 1.54) is 0 Å². The Morgan fingerprint density at radius 2 is 2.04 bits per heavy atom. The Balaban J connectivity index is 1.55. The van der Waals surface area contributed by atoms with Gasteiger partial charge < -0.3 is 19.5 Å².